The quantitative estimate of drug-likeness (QED) is 0.803. The smallest absolute Gasteiger partial charge is 0.0771 e. The molecule has 0 aromatic heterocycles. The molecule has 3 nitrogen and oxygen atoms in total. The molecule has 2 N–H and O–H groups in total. The standard InChI is InChI=1S/C16H32N2O/c1-14-7-6-8-15(11-14,18(2)3)12-17-13-16(19)9-4-5-10-16/h14,17,19H,4-13H2,1-3H3. The van der Waals surface area contributed by atoms with Crippen LogP contribution in [-0.2, 0) is 0 Å². The van der Waals surface area contributed by atoms with Gasteiger partial charge in [0.25, 0.3) is 0 Å². The lowest BCUT2D eigenvalue weighted by atomic mass is 9.75. The Hall–Kier alpha value is -0.120. The number of nitrogens with one attached hydrogen (secondary N) is 1. The van der Waals surface area contributed by atoms with Gasteiger partial charge < -0.3 is 15.3 Å². The lowest BCUT2D eigenvalue weighted by Gasteiger charge is -2.46. The molecule has 0 saturated heterocycles. The van der Waals surface area contributed by atoms with Gasteiger partial charge in [-0.05, 0) is 45.7 Å². The van der Waals surface area contributed by atoms with Crippen LogP contribution in [0.2, 0.25) is 0 Å². The predicted octanol–water partition coefficient (Wildman–Crippen LogP) is 2.39. The molecule has 0 heterocycles. The van der Waals surface area contributed by atoms with Crippen molar-refractivity contribution in [2.24, 2.45) is 5.92 Å². The molecule has 2 aliphatic carbocycles. The molecule has 3 heteroatoms. The van der Waals surface area contributed by atoms with Gasteiger partial charge in [0.15, 0.2) is 0 Å². The monoisotopic (exact) mass is 268 g/mol. The van der Waals surface area contributed by atoms with Gasteiger partial charge in [-0.3, -0.25) is 0 Å². The van der Waals surface area contributed by atoms with Crippen LogP contribution in [0.1, 0.15) is 58.3 Å². The largest absolute Gasteiger partial charge is 0.389 e. The Bertz CT molecular complexity index is 286. The lowest BCUT2D eigenvalue weighted by molar-refractivity contribution is 0.0332. The number of aliphatic hydroxyl groups is 1. The summed E-state index contributed by atoms with van der Waals surface area (Å²) >= 11 is 0. The molecule has 19 heavy (non-hydrogen) atoms. The third-order valence-corrected chi connectivity index (χ3v) is 5.46. The van der Waals surface area contributed by atoms with Crippen LogP contribution in [-0.4, -0.2) is 48.3 Å². The molecule has 0 aromatic rings. The van der Waals surface area contributed by atoms with Gasteiger partial charge in [-0.1, -0.05) is 32.6 Å². The zero-order valence-corrected chi connectivity index (χ0v) is 13.0. The second-order valence-electron chi connectivity index (χ2n) is 7.36. The summed E-state index contributed by atoms with van der Waals surface area (Å²) < 4.78 is 0. The maximum atomic E-state index is 10.4. The highest BCUT2D eigenvalue weighted by atomic mass is 16.3. The maximum absolute atomic E-state index is 10.4. The highest BCUT2D eigenvalue weighted by Gasteiger charge is 2.38. The molecule has 0 spiro atoms. The van der Waals surface area contributed by atoms with Crippen molar-refractivity contribution in [2.75, 3.05) is 27.2 Å². The normalized spacial score (nSPS) is 34.9. The molecule has 0 radical (unpaired) electrons. The second-order valence-corrected chi connectivity index (χ2v) is 7.36. The lowest BCUT2D eigenvalue weighted by Crippen LogP contribution is -2.55. The van der Waals surface area contributed by atoms with E-state index in [1.54, 1.807) is 0 Å². The number of nitrogens with zero attached hydrogens (tertiary/aromatic N) is 1. The van der Waals surface area contributed by atoms with Gasteiger partial charge in [0, 0.05) is 18.6 Å². The van der Waals surface area contributed by atoms with Crippen LogP contribution in [0.5, 0.6) is 0 Å². The van der Waals surface area contributed by atoms with Crippen LogP contribution < -0.4 is 5.32 Å². The second kappa shape index (κ2) is 6.11. The average molecular weight is 268 g/mol. The van der Waals surface area contributed by atoms with Gasteiger partial charge in [0.05, 0.1) is 5.60 Å². The molecule has 2 saturated carbocycles. The van der Waals surface area contributed by atoms with Crippen molar-refractivity contribution >= 4 is 0 Å². The maximum Gasteiger partial charge on any atom is 0.0771 e. The highest BCUT2D eigenvalue weighted by Crippen LogP contribution is 2.35. The summed E-state index contributed by atoms with van der Waals surface area (Å²) in [6.07, 6.45) is 9.62. The summed E-state index contributed by atoms with van der Waals surface area (Å²) in [6, 6.07) is 0. The van der Waals surface area contributed by atoms with Crippen molar-refractivity contribution in [3.8, 4) is 0 Å². The van der Waals surface area contributed by atoms with E-state index in [0.29, 0.717) is 5.54 Å². The SMILES string of the molecule is CC1CCCC(CNCC2(O)CCCC2)(N(C)C)C1. The van der Waals surface area contributed by atoms with Gasteiger partial charge in [-0.2, -0.15) is 0 Å². The minimum Gasteiger partial charge on any atom is -0.389 e. The number of rotatable bonds is 5. The molecule has 2 fully saturated rings. The molecule has 0 amide bonds. The van der Waals surface area contributed by atoms with Crippen molar-refractivity contribution in [3.63, 3.8) is 0 Å². The molecule has 2 aliphatic rings. The van der Waals surface area contributed by atoms with E-state index >= 15 is 0 Å². The Morgan fingerprint density at radius 2 is 1.79 bits per heavy atom. The average Bonchev–Trinajstić information content (AvgIpc) is 2.76. The molecule has 0 aliphatic heterocycles. The third-order valence-electron chi connectivity index (χ3n) is 5.46. The van der Waals surface area contributed by atoms with Crippen molar-refractivity contribution in [1.82, 2.24) is 10.2 Å². The van der Waals surface area contributed by atoms with Gasteiger partial charge >= 0.3 is 0 Å². The highest BCUT2D eigenvalue weighted by molar-refractivity contribution is 4.96. The van der Waals surface area contributed by atoms with Crippen LogP contribution >= 0.6 is 0 Å². The summed E-state index contributed by atoms with van der Waals surface area (Å²) in [4.78, 5) is 2.41. The molecule has 2 atom stereocenters. The number of hydrogen-bond acceptors (Lipinski definition) is 3. The minimum atomic E-state index is -0.423. The van der Waals surface area contributed by atoms with E-state index in [-0.39, 0.29) is 0 Å². The predicted molar refractivity (Wildman–Crippen MR) is 80.3 cm³/mol. The zero-order valence-electron chi connectivity index (χ0n) is 13.0. The first kappa shape index (κ1) is 15.3. The Labute approximate surface area is 118 Å². The summed E-state index contributed by atoms with van der Waals surface area (Å²) in [5.41, 5.74) is -0.125. The third kappa shape index (κ3) is 3.71. The summed E-state index contributed by atoms with van der Waals surface area (Å²) in [5.74, 6) is 0.826. The number of hydrogen-bond donors (Lipinski definition) is 2. The Balaban J connectivity index is 1.86. The van der Waals surface area contributed by atoms with E-state index in [2.05, 4.69) is 31.2 Å². The first-order chi connectivity index (χ1) is 8.96. The van der Waals surface area contributed by atoms with Crippen LogP contribution in [0, 0.1) is 5.92 Å². The summed E-state index contributed by atoms with van der Waals surface area (Å²) in [6.45, 7) is 4.17. The Kier molecular flexibility index (Phi) is 4.91. The van der Waals surface area contributed by atoms with Gasteiger partial charge in [-0.25, -0.2) is 0 Å². The fourth-order valence-corrected chi connectivity index (χ4v) is 4.09. The topological polar surface area (TPSA) is 35.5 Å². The Morgan fingerprint density at radius 3 is 2.37 bits per heavy atom. The molecule has 0 aromatic carbocycles. The molecule has 112 valence electrons. The molecule has 0 bridgehead atoms. The first-order valence-electron chi connectivity index (χ1n) is 8.06. The van der Waals surface area contributed by atoms with E-state index in [0.717, 1.165) is 31.8 Å². The van der Waals surface area contributed by atoms with Gasteiger partial charge in [0.1, 0.15) is 0 Å². The minimum absolute atomic E-state index is 0.298. The fourth-order valence-electron chi connectivity index (χ4n) is 4.09. The molecule has 2 rings (SSSR count). The van der Waals surface area contributed by atoms with E-state index in [1.165, 1.54) is 38.5 Å². The van der Waals surface area contributed by atoms with Crippen molar-refractivity contribution in [3.05, 3.63) is 0 Å². The van der Waals surface area contributed by atoms with E-state index in [4.69, 9.17) is 0 Å². The van der Waals surface area contributed by atoms with Crippen LogP contribution in [0.25, 0.3) is 0 Å². The van der Waals surface area contributed by atoms with Crippen LogP contribution in [0.15, 0.2) is 0 Å². The fraction of sp³-hybridized carbons (Fsp3) is 1.00. The number of likely N-dealkylation sites (N-methyl/N-ethyl adjacent to an activating group) is 1. The Morgan fingerprint density at radius 1 is 1.11 bits per heavy atom. The summed E-state index contributed by atoms with van der Waals surface area (Å²) in [5, 5.41) is 14.0. The van der Waals surface area contributed by atoms with Crippen LogP contribution in [0.3, 0.4) is 0 Å². The van der Waals surface area contributed by atoms with Crippen molar-refractivity contribution in [2.45, 2.75) is 69.4 Å². The molecule has 2 unspecified atom stereocenters. The molecular weight excluding hydrogens is 236 g/mol. The van der Waals surface area contributed by atoms with Crippen LogP contribution in [0.4, 0.5) is 0 Å². The van der Waals surface area contributed by atoms with Crippen molar-refractivity contribution in [1.29, 1.82) is 0 Å². The van der Waals surface area contributed by atoms with Gasteiger partial charge in [-0.15, -0.1) is 0 Å². The van der Waals surface area contributed by atoms with Crippen molar-refractivity contribution < 1.29 is 5.11 Å². The van der Waals surface area contributed by atoms with Gasteiger partial charge in [0.2, 0.25) is 0 Å². The van der Waals surface area contributed by atoms with E-state index in [1.807, 2.05) is 0 Å². The summed E-state index contributed by atoms with van der Waals surface area (Å²) in [7, 11) is 4.42. The van der Waals surface area contributed by atoms with E-state index in [9.17, 15) is 5.11 Å². The zero-order chi connectivity index (χ0) is 13.9. The molecular formula is C16H32N2O. The van der Waals surface area contributed by atoms with E-state index < -0.39 is 5.60 Å². The first-order valence-corrected chi connectivity index (χ1v) is 8.06.